The topological polar surface area (TPSA) is 62.3 Å². The molecule has 102 valence electrons. The number of anilines is 1. The monoisotopic (exact) mass is 269 g/mol. The van der Waals surface area contributed by atoms with Crippen molar-refractivity contribution in [3.05, 3.63) is 36.7 Å². The molecule has 2 heterocycles. The summed E-state index contributed by atoms with van der Waals surface area (Å²) >= 11 is 0. The summed E-state index contributed by atoms with van der Waals surface area (Å²) in [5, 5.41) is 4.60. The number of pyridine rings is 1. The van der Waals surface area contributed by atoms with Gasteiger partial charge in [0.2, 0.25) is 11.8 Å². The molecule has 0 bridgehead atoms. The van der Waals surface area contributed by atoms with Crippen LogP contribution >= 0.6 is 0 Å². The number of amides is 2. The van der Waals surface area contributed by atoms with Gasteiger partial charge in [-0.2, -0.15) is 0 Å². The van der Waals surface area contributed by atoms with Crippen molar-refractivity contribution in [3.8, 4) is 0 Å². The van der Waals surface area contributed by atoms with Crippen molar-refractivity contribution in [1.82, 2.24) is 10.3 Å². The Morgan fingerprint density at radius 2 is 2.20 bits per heavy atom. The van der Waals surface area contributed by atoms with Gasteiger partial charge in [0.15, 0.2) is 0 Å². The van der Waals surface area contributed by atoms with Gasteiger partial charge in [0.05, 0.1) is 5.69 Å². The standard InChI is InChI=1S/C15H15N3O2/c1-2-12-15(20)18(9-14(19)17-12)13-5-3-4-10-6-7-16-8-11(10)13/h3-8,12H,2,9H2,1H3,(H,17,19). The van der Waals surface area contributed by atoms with Crippen LogP contribution in [0, 0.1) is 0 Å². The second kappa shape index (κ2) is 4.92. The van der Waals surface area contributed by atoms with Gasteiger partial charge in [0.25, 0.3) is 0 Å². The highest BCUT2D eigenvalue weighted by atomic mass is 16.2. The summed E-state index contributed by atoms with van der Waals surface area (Å²) in [6.07, 6.45) is 4.03. The summed E-state index contributed by atoms with van der Waals surface area (Å²) in [4.78, 5) is 29.9. The first-order valence-electron chi connectivity index (χ1n) is 6.64. The minimum Gasteiger partial charge on any atom is -0.343 e. The molecule has 2 aromatic rings. The number of rotatable bonds is 2. The summed E-state index contributed by atoms with van der Waals surface area (Å²) in [7, 11) is 0. The molecule has 5 nitrogen and oxygen atoms in total. The summed E-state index contributed by atoms with van der Waals surface area (Å²) in [6.45, 7) is 1.94. The van der Waals surface area contributed by atoms with Crippen LogP contribution in [0.5, 0.6) is 0 Å². The first-order chi connectivity index (χ1) is 9.70. The molecule has 3 rings (SSSR count). The molecule has 1 saturated heterocycles. The van der Waals surface area contributed by atoms with Crippen LogP contribution in [0.4, 0.5) is 5.69 Å². The van der Waals surface area contributed by atoms with Crippen molar-refractivity contribution < 1.29 is 9.59 Å². The molecular formula is C15H15N3O2. The van der Waals surface area contributed by atoms with E-state index in [0.717, 1.165) is 16.5 Å². The molecule has 0 radical (unpaired) electrons. The normalized spacial score (nSPS) is 19.2. The maximum Gasteiger partial charge on any atom is 0.250 e. The van der Waals surface area contributed by atoms with Crippen LogP contribution in [0.15, 0.2) is 36.7 Å². The predicted molar refractivity (Wildman–Crippen MR) is 76.3 cm³/mol. The van der Waals surface area contributed by atoms with E-state index >= 15 is 0 Å². The maximum absolute atomic E-state index is 12.4. The second-order valence-electron chi connectivity index (χ2n) is 4.83. The van der Waals surface area contributed by atoms with Crippen molar-refractivity contribution in [2.45, 2.75) is 19.4 Å². The Kier molecular flexibility index (Phi) is 3.10. The van der Waals surface area contributed by atoms with Crippen molar-refractivity contribution in [1.29, 1.82) is 0 Å². The average molecular weight is 269 g/mol. The number of carbonyl (C=O) groups excluding carboxylic acids is 2. The van der Waals surface area contributed by atoms with Crippen LogP contribution in [0.2, 0.25) is 0 Å². The van der Waals surface area contributed by atoms with E-state index in [-0.39, 0.29) is 18.4 Å². The van der Waals surface area contributed by atoms with Crippen molar-refractivity contribution in [2.75, 3.05) is 11.4 Å². The lowest BCUT2D eigenvalue weighted by Crippen LogP contribution is -2.58. The Bertz CT molecular complexity index is 678. The Labute approximate surface area is 116 Å². The van der Waals surface area contributed by atoms with Crippen LogP contribution in [0.3, 0.4) is 0 Å². The summed E-state index contributed by atoms with van der Waals surface area (Å²) in [5.41, 5.74) is 0.744. The molecular weight excluding hydrogens is 254 g/mol. The quantitative estimate of drug-likeness (QED) is 0.898. The van der Waals surface area contributed by atoms with Crippen LogP contribution in [-0.2, 0) is 9.59 Å². The first-order valence-corrected chi connectivity index (χ1v) is 6.64. The Morgan fingerprint density at radius 3 is 3.00 bits per heavy atom. The van der Waals surface area contributed by atoms with E-state index < -0.39 is 6.04 Å². The number of piperazine rings is 1. The lowest BCUT2D eigenvalue weighted by atomic mass is 10.1. The molecule has 1 N–H and O–H groups in total. The van der Waals surface area contributed by atoms with Gasteiger partial charge in [-0.05, 0) is 23.9 Å². The number of hydrogen-bond donors (Lipinski definition) is 1. The lowest BCUT2D eigenvalue weighted by molar-refractivity contribution is -0.131. The number of benzene rings is 1. The minimum atomic E-state index is -0.442. The van der Waals surface area contributed by atoms with Crippen molar-refractivity contribution in [2.24, 2.45) is 0 Å². The molecule has 1 fully saturated rings. The fourth-order valence-electron chi connectivity index (χ4n) is 2.52. The average Bonchev–Trinajstić information content (AvgIpc) is 2.48. The molecule has 1 atom stereocenters. The van der Waals surface area contributed by atoms with Gasteiger partial charge in [0, 0.05) is 17.8 Å². The van der Waals surface area contributed by atoms with Gasteiger partial charge >= 0.3 is 0 Å². The highest BCUT2D eigenvalue weighted by molar-refractivity contribution is 6.11. The van der Waals surface area contributed by atoms with Gasteiger partial charge in [-0.1, -0.05) is 19.1 Å². The number of hydrogen-bond acceptors (Lipinski definition) is 3. The zero-order chi connectivity index (χ0) is 14.1. The Hall–Kier alpha value is -2.43. The highest BCUT2D eigenvalue weighted by Gasteiger charge is 2.32. The number of fused-ring (bicyclic) bond motifs is 1. The minimum absolute atomic E-state index is 0.0589. The third kappa shape index (κ3) is 2.01. The lowest BCUT2D eigenvalue weighted by Gasteiger charge is -2.32. The molecule has 0 spiro atoms. The van der Waals surface area contributed by atoms with Gasteiger partial charge in [-0.3, -0.25) is 14.6 Å². The largest absolute Gasteiger partial charge is 0.343 e. The Balaban J connectivity index is 2.10. The molecule has 1 aliphatic rings. The Morgan fingerprint density at radius 1 is 1.35 bits per heavy atom. The van der Waals surface area contributed by atoms with Gasteiger partial charge in [-0.25, -0.2) is 0 Å². The molecule has 5 heteroatoms. The molecule has 1 unspecified atom stereocenters. The molecule has 0 aliphatic carbocycles. The van der Waals surface area contributed by atoms with E-state index in [0.29, 0.717) is 6.42 Å². The number of carbonyl (C=O) groups is 2. The fourth-order valence-corrected chi connectivity index (χ4v) is 2.52. The van der Waals surface area contributed by atoms with Gasteiger partial charge in [-0.15, -0.1) is 0 Å². The van der Waals surface area contributed by atoms with E-state index in [1.165, 1.54) is 0 Å². The SMILES string of the molecule is CCC1NC(=O)CN(c2cccc3ccncc23)C1=O. The smallest absolute Gasteiger partial charge is 0.250 e. The number of aromatic nitrogens is 1. The second-order valence-corrected chi connectivity index (χ2v) is 4.83. The van der Waals surface area contributed by atoms with E-state index in [4.69, 9.17) is 0 Å². The molecule has 1 aromatic carbocycles. The molecule has 20 heavy (non-hydrogen) atoms. The molecule has 1 aliphatic heterocycles. The number of nitrogens with zero attached hydrogens (tertiary/aromatic N) is 2. The first kappa shape index (κ1) is 12.6. The zero-order valence-corrected chi connectivity index (χ0v) is 11.2. The van der Waals surface area contributed by atoms with Crippen LogP contribution in [0.25, 0.3) is 10.8 Å². The molecule has 1 aromatic heterocycles. The van der Waals surface area contributed by atoms with E-state index in [1.54, 1.807) is 17.3 Å². The van der Waals surface area contributed by atoms with Crippen LogP contribution in [-0.4, -0.2) is 29.4 Å². The summed E-state index contributed by atoms with van der Waals surface area (Å²) in [5.74, 6) is -0.194. The fraction of sp³-hybridized carbons (Fsp3) is 0.267. The molecule has 0 saturated carbocycles. The molecule has 2 amide bonds. The number of nitrogens with one attached hydrogen (secondary N) is 1. The highest BCUT2D eigenvalue weighted by Crippen LogP contribution is 2.27. The van der Waals surface area contributed by atoms with E-state index in [2.05, 4.69) is 10.3 Å². The van der Waals surface area contributed by atoms with Gasteiger partial charge < -0.3 is 10.2 Å². The van der Waals surface area contributed by atoms with Crippen molar-refractivity contribution in [3.63, 3.8) is 0 Å². The van der Waals surface area contributed by atoms with E-state index in [9.17, 15) is 9.59 Å². The summed E-state index contributed by atoms with van der Waals surface area (Å²) in [6, 6.07) is 7.16. The zero-order valence-electron chi connectivity index (χ0n) is 11.2. The van der Waals surface area contributed by atoms with E-state index in [1.807, 2.05) is 31.2 Å². The predicted octanol–water partition coefficient (Wildman–Crippen LogP) is 1.48. The third-order valence-corrected chi connectivity index (χ3v) is 3.56. The van der Waals surface area contributed by atoms with Crippen molar-refractivity contribution >= 4 is 28.3 Å². The summed E-state index contributed by atoms with van der Waals surface area (Å²) < 4.78 is 0. The van der Waals surface area contributed by atoms with Crippen LogP contribution in [0.1, 0.15) is 13.3 Å². The van der Waals surface area contributed by atoms with Crippen LogP contribution < -0.4 is 10.2 Å². The maximum atomic E-state index is 12.4. The van der Waals surface area contributed by atoms with Gasteiger partial charge in [0.1, 0.15) is 12.6 Å². The third-order valence-electron chi connectivity index (χ3n) is 3.56.